The molecule has 1 aromatic rings. The quantitative estimate of drug-likeness (QED) is 0.746. The lowest BCUT2D eigenvalue weighted by Gasteiger charge is -2.21. The minimum absolute atomic E-state index is 0.208. The summed E-state index contributed by atoms with van der Waals surface area (Å²) in [4.78, 5) is 12.5. The second kappa shape index (κ2) is 3.88. The lowest BCUT2D eigenvalue weighted by atomic mass is 10.1. The Balaban J connectivity index is 2.16. The zero-order valence-corrected chi connectivity index (χ0v) is 9.24. The van der Waals surface area contributed by atoms with Crippen LogP contribution in [0.15, 0.2) is 6.07 Å². The Bertz CT molecular complexity index is 364. The molecule has 1 aliphatic rings. The van der Waals surface area contributed by atoms with Crippen molar-refractivity contribution in [3.8, 4) is 0 Å². The number of halogens is 1. The molecule has 5 heteroatoms. The van der Waals surface area contributed by atoms with E-state index >= 15 is 0 Å². The van der Waals surface area contributed by atoms with Crippen LogP contribution in [0.3, 0.4) is 0 Å². The number of nitrogens with one attached hydrogen (secondary N) is 1. The summed E-state index contributed by atoms with van der Waals surface area (Å²) in [5, 5.41) is 3.11. The number of methoxy groups -OCH3 is 1. The molecule has 0 bridgehead atoms. The van der Waals surface area contributed by atoms with Crippen LogP contribution in [0.2, 0.25) is 4.34 Å². The average Bonchev–Trinajstić information content (AvgIpc) is 2.55. The highest BCUT2D eigenvalue weighted by atomic mass is 35.5. The van der Waals surface area contributed by atoms with E-state index in [4.69, 9.17) is 11.6 Å². The number of esters is 1. The summed E-state index contributed by atoms with van der Waals surface area (Å²) >= 11 is 7.43. The number of hydrogen-bond acceptors (Lipinski definition) is 4. The van der Waals surface area contributed by atoms with Gasteiger partial charge in [0.25, 0.3) is 0 Å². The second-order valence-electron chi connectivity index (χ2n) is 3.16. The molecule has 0 aliphatic carbocycles. The van der Waals surface area contributed by atoms with Crippen molar-refractivity contribution < 1.29 is 9.53 Å². The fourth-order valence-corrected chi connectivity index (χ4v) is 2.91. The summed E-state index contributed by atoms with van der Waals surface area (Å²) in [6, 6.07) is 1.73. The molecule has 1 unspecified atom stereocenters. The van der Waals surface area contributed by atoms with Crippen molar-refractivity contribution in [1.29, 1.82) is 0 Å². The number of thiophene rings is 1. The third-order valence-corrected chi connectivity index (χ3v) is 3.61. The lowest BCUT2D eigenvalue weighted by molar-refractivity contribution is -0.143. The number of carbonyl (C=O) groups is 1. The maximum absolute atomic E-state index is 11.3. The summed E-state index contributed by atoms with van der Waals surface area (Å²) in [5.41, 5.74) is 1.19. The van der Waals surface area contributed by atoms with Gasteiger partial charge in [-0.05, 0) is 11.6 Å². The summed E-state index contributed by atoms with van der Waals surface area (Å²) in [7, 11) is 1.40. The van der Waals surface area contributed by atoms with Crippen LogP contribution in [0.5, 0.6) is 0 Å². The number of ether oxygens (including phenoxy) is 1. The Morgan fingerprint density at radius 2 is 2.57 bits per heavy atom. The van der Waals surface area contributed by atoms with E-state index in [0.29, 0.717) is 13.0 Å². The van der Waals surface area contributed by atoms with Gasteiger partial charge in [-0.1, -0.05) is 11.6 Å². The van der Waals surface area contributed by atoms with Gasteiger partial charge in [0, 0.05) is 17.8 Å². The van der Waals surface area contributed by atoms with E-state index in [1.54, 1.807) is 0 Å². The van der Waals surface area contributed by atoms with Crippen molar-refractivity contribution in [3.63, 3.8) is 0 Å². The van der Waals surface area contributed by atoms with Gasteiger partial charge in [-0.25, -0.2) is 0 Å². The lowest BCUT2D eigenvalue weighted by Crippen LogP contribution is -2.41. The second-order valence-corrected chi connectivity index (χ2v) is 4.93. The van der Waals surface area contributed by atoms with Crippen LogP contribution in [0.1, 0.15) is 10.4 Å². The number of hydrogen-bond donors (Lipinski definition) is 1. The van der Waals surface area contributed by atoms with Crippen molar-refractivity contribution in [2.24, 2.45) is 0 Å². The SMILES string of the molecule is COC(=O)C1Cc2sc(Cl)cc2CN1. The van der Waals surface area contributed by atoms with Crippen LogP contribution < -0.4 is 5.32 Å². The highest BCUT2D eigenvalue weighted by Gasteiger charge is 2.26. The maximum Gasteiger partial charge on any atom is 0.323 e. The van der Waals surface area contributed by atoms with Gasteiger partial charge in [0.1, 0.15) is 6.04 Å². The van der Waals surface area contributed by atoms with Gasteiger partial charge in [-0.3, -0.25) is 10.1 Å². The molecule has 0 spiro atoms. The molecule has 0 fully saturated rings. The first-order valence-electron chi connectivity index (χ1n) is 4.29. The summed E-state index contributed by atoms with van der Waals surface area (Å²) in [6.07, 6.45) is 0.680. The predicted molar refractivity (Wildman–Crippen MR) is 55.7 cm³/mol. The molecular weight excluding hydrogens is 222 g/mol. The molecule has 1 aliphatic heterocycles. The topological polar surface area (TPSA) is 38.3 Å². The van der Waals surface area contributed by atoms with E-state index < -0.39 is 0 Å². The van der Waals surface area contributed by atoms with E-state index in [-0.39, 0.29) is 12.0 Å². The zero-order valence-electron chi connectivity index (χ0n) is 7.67. The summed E-state index contributed by atoms with van der Waals surface area (Å²) in [6.45, 7) is 0.693. The average molecular weight is 232 g/mol. The Hall–Kier alpha value is -0.580. The van der Waals surface area contributed by atoms with Gasteiger partial charge < -0.3 is 4.74 Å². The monoisotopic (exact) mass is 231 g/mol. The molecule has 0 amide bonds. The van der Waals surface area contributed by atoms with Crippen molar-refractivity contribution in [1.82, 2.24) is 5.32 Å². The molecule has 0 saturated carbocycles. The van der Waals surface area contributed by atoms with E-state index in [0.717, 1.165) is 4.34 Å². The van der Waals surface area contributed by atoms with Gasteiger partial charge in [0.15, 0.2) is 0 Å². The van der Waals surface area contributed by atoms with E-state index in [1.165, 1.54) is 28.9 Å². The van der Waals surface area contributed by atoms with E-state index in [9.17, 15) is 4.79 Å². The Labute approximate surface area is 91.0 Å². The molecule has 2 rings (SSSR count). The minimum atomic E-state index is -0.220. The number of carbonyl (C=O) groups excluding carboxylic acids is 1. The van der Waals surface area contributed by atoms with Gasteiger partial charge in [0.2, 0.25) is 0 Å². The van der Waals surface area contributed by atoms with Crippen LogP contribution in [0.25, 0.3) is 0 Å². The molecule has 3 nitrogen and oxygen atoms in total. The number of fused-ring (bicyclic) bond motifs is 1. The Morgan fingerprint density at radius 1 is 1.79 bits per heavy atom. The molecular formula is C9H10ClNO2S. The van der Waals surface area contributed by atoms with Crippen molar-refractivity contribution in [2.75, 3.05) is 7.11 Å². The highest BCUT2D eigenvalue weighted by Crippen LogP contribution is 2.30. The molecule has 0 radical (unpaired) electrons. The maximum atomic E-state index is 11.3. The standard InChI is InChI=1S/C9H10ClNO2S/c1-13-9(12)6-3-7-5(4-11-6)2-8(10)14-7/h2,6,11H,3-4H2,1H3. The van der Waals surface area contributed by atoms with Crippen LogP contribution >= 0.6 is 22.9 Å². The smallest absolute Gasteiger partial charge is 0.323 e. The molecule has 76 valence electrons. The molecule has 0 aromatic carbocycles. The van der Waals surface area contributed by atoms with E-state index in [2.05, 4.69) is 10.1 Å². The summed E-state index contributed by atoms with van der Waals surface area (Å²) in [5.74, 6) is -0.208. The first-order valence-corrected chi connectivity index (χ1v) is 5.48. The third kappa shape index (κ3) is 1.78. The van der Waals surface area contributed by atoms with Gasteiger partial charge >= 0.3 is 5.97 Å². The summed E-state index contributed by atoms with van der Waals surface area (Å²) < 4.78 is 5.46. The minimum Gasteiger partial charge on any atom is -0.468 e. The normalized spacial score (nSPS) is 20.3. The highest BCUT2D eigenvalue weighted by molar-refractivity contribution is 7.16. The van der Waals surface area contributed by atoms with Gasteiger partial charge in [-0.2, -0.15) is 0 Å². The fraction of sp³-hybridized carbons (Fsp3) is 0.444. The van der Waals surface area contributed by atoms with Gasteiger partial charge in [0.05, 0.1) is 11.4 Å². The van der Waals surface area contributed by atoms with Crippen LogP contribution in [0, 0.1) is 0 Å². The Kier molecular flexibility index (Phi) is 2.76. The molecule has 1 atom stereocenters. The van der Waals surface area contributed by atoms with Crippen molar-refractivity contribution in [3.05, 3.63) is 20.8 Å². The van der Waals surface area contributed by atoms with E-state index in [1.807, 2.05) is 6.07 Å². The van der Waals surface area contributed by atoms with Crippen LogP contribution in [-0.2, 0) is 22.5 Å². The molecule has 1 N–H and O–H groups in total. The number of rotatable bonds is 1. The predicted octanol–water partition coefficient (Wildman–Crippen LogP) is 1.59. The fourth-order valence-electron chi connectivity index (χ4n) is 1.55. The molecule has 14 heavy (non-hydrogen) atoms. The Morgan fingerprint density at radius 3 is 3.29 bits per heavy atom. The molecule has 2 heterocycles. The van der Waals surface area contributed by atoms with Crippen LogP contribution in [0.4, 0.5) is 0 Å². The van der Waals surface area contributed by atoms with Crippen molar-refractivity contribution >= 4 is 28.9 Å². The van der Waals surface area contributed by atoms with Crippen molar-refractivity contribution in [2.45, 2.75) is 19.0 Å². The van der Waals surface area contributed by atoms with Crippen LogP contribution in [-0.4, -0.2) is 19.1 Å². The first-order chi connectivity index (χ1) is 6.70. The third-order valence-electron chi connectivity index (χ3n) is 2.28. The largest absolute Gasteiger partial charge is 0.468 e. The first kappa shape index (κ1) is 9.96. The van der Waals surface area contributed by atoms with Gasteiger partial charge in [-0.15, -0.1) is 11.3 Å². The molecule has 1 aromatic heterocycles. The molecule has 0 saturated heterocycles. The zero-order chi connectivity index (χ0) is 10.1.